The molecule has 1 aliphatic heterocycles. The second kappa shape index (κ2) is 7.55. The van der Waals surface area contributed by atoms with E-state index in [1.54, 1.807) is 7.11 Å². The third-order valence-electron chi connectivity index (χ3n) is 6.51. The summed E-state index contributed by atoms with van der Waals surface area (Å²) in [6.45, 7) is 5.69. The number of fused-ring (bicyclic) bond motifs is 1. The summed E-state index contributed by atoms with van der Waals surface area (Å²) in [6, 6.07) is 15.8. The van der Waals surface area contributed by atoms with E-state index >= 15 is 0 Å². The van der Waals surface area contributed by atoms with Gasteiger partial charge in [-0.3, -0.25) is 0 Å². The zero-order chi connectivity index (χ0) is 18.9. The second-order valence-corrected chi connectivity index (χ2v) is 8.53. The highest BCUT2D eigenvalue weighted by Gasteiger charge is 2.34. The van der Waals surface area contributed by atoms with Crippen molar-refractivity contribution in [3.8, 4) is 5.75 Å². The third-order valence-corrected chi connectivity index (χ3v) is 6.51. The number of anilines is 1. The highest BCUT2D eigenvalue weighted by Crippen LogP contribution is 2.39. The van der Waals surface area contributed by atoms with Crippen molar-refractivity contribution in [2.45, 2.75) is 57.5 Å². The Morgan fingerprint density at radius 1 is 1.19 bits per heavy atom. The molecule has 3 nitrogen and oxygen atoms in total. The van der Waals surface area contributed by atoms with Gasteiger partial charge >= 0.3 is 0 Å². The molecule has 1 heterocycles. The number of hydrogen-bond acceptors (Lipinski definition) is 3. The van der Waals surface area contributed by atoms with Gasteiger partial charge in [0.2, 0.25) is 0 Å². The van der Waals surface area contributed by atoms with E-state index in [9.17, 15) is 0 Å². The summed E-state index contributed by atoms with van der Waals surface area (Å²) < 4.78 is 5.40. The van der Waals surface area contributed by atoms with E-state index in [-0.39, 0.29) is 11.6 Å². The first-order valence-electron chi connectivity index (χ1n) is 10.4. The predicted octanol–water partition coefficient (Wildman–Crippen LogP) is 5.31. The molecule has 3 atom stereocenters. The van der Waals surface area contributed by atoms with Gasteiger partial charge in [-0.1, -0.05) is 31.5 Å². The molecule has 2 aliphatic rings. The molecular formula is C24H32N2O. The number of rotatable bonds is 5. The first-order valence-corrected chi connectivity index (χ1v) is 10.4. The summed E-state index contributed by atoms with van der Waals surface area (Å²) in [5, 5.41) is 7.49. The van der Waals surface area contributed by atoms with Crippen molar-refractivity contribution in [1.82, 2.24) is 5.32 Å². The molecule has 0 aromatic heterocycles. The molecule has 3 heteroatoms. The molecule has 1 fully saturated rings. The van der Waals surface area contributed by atoms with E-state index in [2.05, 4.69) is 66.9 Å². The lowest BCUT2D eigenvalue weighted by molar-refractivity contribution is 0.413. The van der Waals surface area contributed by atoms with Crippen LogP contribution in [0.4, 0.5) is 5.69 Å². The lowest BCUT2D eigenvalue weighted by atomic mass is 9.89. The van der Waals surface area contributed by atoms with Crippen molar-refractivity contribution in [3.05, 3.63) is 59.2 Å². The molecule has 27 heavy (non-hydrogen) atoms. The van der Waals surface area contributed by atoms with E-state index in [1.807, 2.05) is 0 Å². The van der Waals surface area contributed by atoms with Crippen LogP contribution in [0.3, 0.4) is 0 Å². The summed E-state index contributed by atoms with van der Waals surface area (Å²) in [5.74, 6) is 1.82. The first kappa shape index (κ1) is 18.4. The Morgan fingerprint density at radius 3 is 2.70 bits per heavy atom. The lowest BCUT2D eigenvalue weighted by Crippen LogP contribution is -2.32. The van der Waals surface area contributed by atoms with Crippen LogP contribution in [0.1, 0.15) is 62.3 Å². The van der Waals surface area contributed by atoms with E-state index in [1.165, 1.54) is 48.1 Å². The minimum absolute atomic E-state index is 0.244. The maximum atomic E-state index is 5.40. The van der Waals surface area contributed by atoms with Crippen LogP contribution in [-0.4, -0.2) is 19.2 Å². The van der Waals surface area contributed by atoms with Crippen LogP contribution in [0.2, 0.25) is 0 Å². The fourth-order valence-corrected chi connectivity index (χ4v) is 4.90. The Morgan fingerprint density at radius 2 is 2.00 bits per heavy atom. The van der Waals surface area contributed by atoms with Crippen LogP contribution in [0.25, 0.3) is 0 Å². The molecule has 3 unspecified atom stereocenters. The van der Waals surface area contributed by atoms with Gasteiger partial charge in [0.15, 0.2) is 0 Å². The van der Waals surface area contributed by atoms with Gasteiger partial charge in [0.05, 0.1) is 13.2 Å². The van der Waals surface area contributed by atoms with Crippen LogP contribution in [0.15, 0.2) is 42.5 Å². The maximum Gasteiger partial charge on any atom is 0.119 e. The van der Waals surface area contributed by atoms with E-state index in [0.717, 1.165) is 24.6 Å². The van der Waals surface area contributed by atoms with Gasteiger partial charge in [0.25, 0.3) is 0 Å². The number of ether oxygens (including phenoxy) is 1. The predicted molar refractivity (Wildman–Crippen MR) is 113 cm³/mol. The summed E-state index contributed by atoms with van der Waals surface area (Å²) in [4.78, 5) is 0. The van der Waals surface area contributed by atoms with Crippen LogP contribution in [-0.2, 0) is 6.42 Å². The maximum absolute atomic E-state index is 5.40. The van der Waals surface area contributed by atoms with Crippen molar-refractivity contribution >= 4 is 5.69 Å². The van der Waals surface area contributed by atoms with E-state index in [4.69, 9.17) is 4.74 Å². The number of benzene rings is 2. The SMILES string of the molecule is CCC1CCC(C)(Nc2ccc(C3NCCc4cc(OC)ccc43)cc2)C1. The minimum atomic E-state index is 0.244. The first-order chi connectivity index (χ1) is 13.1. The highest BCUT2D eigenvalue weighted by molar-refractivity contribution is 5.50. The van der Waals surface area contributed by atoms with Gasteiger partial charge in [-0.2, -0.15) is 0 Å². The van der Waals surface area contributed by atoms with Crippen molar-refractivity contribution < 1.29 is 4.74 Å². The molecular weight excluding hydrogens is 332 g/mol. The van der Waals surface area contributed by atoms with Crippen LogP contribution in [0.5, 0.6) is 5.75 Å². The monoisotopic (exact) mass is 364 g/mol. The molecule has 0 spiro atoms. The quantitative estimate of drug-likeness (QED) is 0.754. The molecule has 144 valence electrons. The number of hydrogen-bond donors (Lipinski definition) is 2. The van der Waals surface area contributed by atoms with Gasteiger partial charge in [0, 0.05) is 17.8 Å². The van der Waals surface area contributed by atoms with E-state index < -0.39 is 0 Å². The summed E-state index contributed by atoms with van der Waals surface area (Å²) in [6.07, 6.45) is 6.26. The Kier molecular flexibility index (Phi) is 5.14. The highest BCUT2D eigenvalue weighted by atomic mass is 16.5. The van der Waals surface area contributed by atoms with Gasteiger partial charge < -0.3 is 15.4 Å². The molecule has 0 bridgehead atoms. The topological polar surface area (TPSA) is 33.3 Å². The van der Waals surface area contributed by atoms with Crippen molar-refractivity contribution in [1.29, 1.82) is 0 Å². The summed E-state index contributed by atoms with van der Waals surface area (Å²) >= 11 is 0. The second-order valence-electron chi connectivity index (χ2n) is 8.53. The fourth-order valence-electron chi connectivity index (χ4n) is 4.90. The van der Waals surface area contributed by atoms with Crippen molar-refractivity contribution in [2.24, 2.45) is 5.92 Å². The Labute approximate surface area is 163 Å². The molecule has 2 N–H and O–H groups in total. The summed E-state index contributed by atoms with van der Waals surface area (Å²) in [5.41, 5.74) is 5.58. The van der Waals surface area contributed by atoms with Gasteiger partial charge in [-0.15, -0.1) is 0 Å². The van der Waals surface area contributed by atoms with Crippen molar-refractivity contribution in [3.63, 3.8) is 0 Å². The Balaban J connectivity index is 1.50. The van der Waals surface area contributed by atoms with E-state index in [0.29, 0.717) is 0 Å². The third kappa shape index (κ3) is 3.84. The molecule has 2 aromatic rings. The standard InChI is InChI=1S/C24H32N2O/c1-4-17-11-13-24(2,16-17)26-20-7-5-18(6-8-20)23-22-10-9-21(27-3)15-19(22)12-14-25-23/h5-10,15,17,23,25-26H,4,11-14,16H2,1-3H3. The molecule has 0 radical (unpaired) electrons. The van der Waals surface area contributed by atoms with Crippen LogP contribution < -0.4 is 15.4 Å². The smallest absolute Gasteiger partial charge is 0.119 e. The molecule has 0 amide bonds. The average molecular weight is 365 g/mol. The van der Waals surface area contributed by atoms with Crippen LogP contribution in [0, 0.1) is 5.92 Å². The van der Waals surface area contributed by atoms with Crippen molar-refractivity contribution in [2.75, 3.05) is 19.0 Å². The zero-order valence-electron chi connectivity index (χ0n) is 16.8. The van der Waals surface area contributed by atoms with Gasteiger partial charge in [-0.05, 0) is 79.5 Å². The van der Waals surface area contributed by atoms with Gasteiger partial charge in [-0.25, -0.2) is 0 Å². The minimum Gasteiger partial charge on any atom is -0.497 e. The zero-order valence-corrected chi connectivity index (χ0v) is 16.8. The Bertz CT molecular complexity index is 785. The number of methoxy groups -OCH3 is 1. The normalized spacial score (nSPS) is 27.2. The van der Waals surface area contributed by atoms with Crippen LogP contribution >= 0.6 is 0 Å². The average Bonchev–Trinajstić information content (AvgIpc) is 3.08. The molecule has 4 rings (SSSR count). The molecule has 0 saturated heterocycles. The molecule has 1 saturated carbocycles. The Hall–Kier alpha value is -2.00. The molecule has 2 aromatic carbocycles. The largest absolute Gasteiger partial charge is 0.497 e. The number of nitrogens with one attached hydrogen (secondary N) is 2. The fraction of sp³-hybridized carbons (Fsp3) is 0.500. The summed E-state index contributed by atoms with van der Waals surface area (Å²) in [7, 11) is 1.74. The lowest BCUT2D eigenvalue weighted by Gasteiger charge is -2.29. The van der Waals surface area contributed by atoms with Gasteiger partial charge in [0.1, 0.15) is 5.75 Å². The molecule has 1 aliphatic carbocycles.